The number of nitrogens with one attached hydrogen (secondary N) is 1. The van der Waals surface area contributed by atoms with Crippen LogP contribution in [0.4, 0.5) is 14.5 Å². The van der Waals surface area contributed by atoms with Gasteiger partial charge < -0.3 is 10.1 Å². The van der Waals surface area contributed by atoms with Gasteiger partial charge in [-0.25, -0.2) is 8.78 Å². The second-order valence-electron chi connectivity index (χ2n) is 5.96. The number of aromatic nitrogens is 1. The minimum absolute atomic E-state index is 0.0552. The first-order valence-corrected chi connectivity index (χ1v) is 8.21. The second kappa shape index (κ2) is 7.90. The SMILES string of the molecule is C[C@@H](OC(=O)Cc1cnc2ccccc2c1)C(=O)Nc1ccc(F)cc1F. The summed E-state index contributed by atoms with van der Waals surface area (Å²) >= 11 is 0. The molecule has 0 unspecified atom stereocenters. The average molecular weight is 370 g/mol. The number of amides is 1. The summed E-state index contributed by atoms with van der Waals surface area (Å²) in [5.41, 5.74) is 1.27. The van der Waals surface area contributed by atoms with Gasteiger partial charge in [-0.2, -0.15) is 0 Å². The lowest BCUT2D eigenvalue weighted by Gasteiger charge is -2.14. The van der Waals surface area contributed by atoms with Gasteiger partial charge in [0.25, 0.3) is 5.91 Å². The molecule has 1 aromatic heterocycles. The summed E-state index contributed by atoms with van der Waals surface area (Å²) in [4.78, 5) is 28.4. The number of fused-ring (bicyclic) bond motifs is 1. The first-order chi connectivity index (χ1) is 12.9. The lowest BCUT2D eigenvalue weighted by atomic mass is 10.1. The van der Waals surface area contributed by atoms with Crippen LogP contribution in [0, 0.1) is 11.6 Å². The predicted octanol–water partition coefficient (Wildman–Crippen LogP) is 3.63. The third-order valence-corrected chi connectivity index (χ3v) is 3.86. The highest BCUT2D eigenvalue weighted by atomic mass is 19.1. The molecule has 2 aromatic carbocycles. The maximum absolute atomic E-state index is 13.6. The molecule has 0 saturated heterocycles. The number of pyridine rings is 1. The van der Waals surface area contributed by atoms with Crippen LogP contribution < -0.4 is 5.32 Å². The molecule has 0 aliphatic rings. The molecule has 0 spiro atoms. The van der Waals surface area contributed by atoms with Crippen LogP contribution in [0.15, 0.2) is 54.7 Å². The van der Waals surface area contributed by atoms with Crippen molar-refractivity contribution in [2.75, 3.05) is 5.32 Å². The number of rotatable bonds is 5. The number of esters is 1. The van der Waals surface area contributed by atoms with E-state index in [1.54, 1.807) is 6.20 Å². The monoisotopic (exact) mass is 370 g/mol. The molecule has 138 valence electrons. The molecule has 0 fully saturated rings. The minimum atomic E-state index is -1.14. The van der Waals surface area contributed by atoms with E-state index in [0.717, 1.165) is 23.0 Å². The number of nitrogens with zero attached hydrogens (tertiary/aromatic N) is 1. The van der Waals surface area contributed by atoms with Gasteiger partial charge in [-0.1, -0.05) is 18.2 Å². The van der Waals surface area contributed by atoms with Crippen molar-refractivity contribution in [3.05, 3.63) is 71.9 Å². The first-order valence-electron chi connectivity index (χ1n) is 8.21. The van der Waals surface area contributed by atoms with Crippen molar-refractivity contribution in [2.24, 2.45) is 0 Å². The zero-order chi connectivity index (χ0) is 19.4. The third-order valence-electron chi connectivity index (χ3n) is 3.86. The van der Waals surface area contributed by atoms with E-state index in [9.17, 15) is 18.4 Å². The fourth-order valence-corrected chi connectivity index (χ4v) is 2.50. The predicted molar refractivity (Wildman–Crippen MR) is 96.0 cm³/mol. The molecule has 1 N–H and O–H groups in total. The van der Waals surface area contributed by atoms with Gasteiger partial charge in [0, 0.05) is 17.6 Å². The van der Waals surface area contributed by atoms with E-state index in [1.165, 1.54) is 6.92 Å². The standard InChI is InChI=1S/C20H16F2N2O3/c1-12(20(26)24-18-7-6-15(21)10-16(18)22)27-19(25)9-13-8-14-4-2-3-5-17(14)23-11-13/h2-8,10-12H,9H2,1H3,(H,24,26)/t12-/m1/s1. The maximum Gasteiger partial charge on any atom is 0.311 e. The molecule has 1 atom stereocenters. The Kier molecular flexibility index (Phi) is 5.40. The number of ether oxygens (including phenoxy) is 1. The average Bonchev–Trinajstić information content (AvgIpc) is 2.63. The van der Waals surface area contributed by atoms with Crippen molar-refractivity contribution < 1.29 is 23.1 Å². The van der Waals surface area contributed by atoms with Crippen molar-refractivity contribution in [3.8, 4) is 0 Å². The molecule has 0 bridgehead atoms. The number of benzene rings is 2. The molecule has 3 aromatic rings. The van der Waals surface area contributed by atoms with Crippen molar-refractivity contribution in [1.29, 1.82) is 0 Å². The molecule has 0 radical (unpaired) electrons. The molecule has 1 heterocycles. The summed E-state index contributed by atoms with van der Waals surface area (Å²) in [6.07, 6.45) is 0.373. The van der Waals surface area contributed by atoms with Gasteiger partial charge in [0.15, 0.2) is 6.10 Å². The number of hydrogen-bond acceptors (Lipinski definition) is 4. The molecule has 7 heteroatoms. The number of halogens is 2. The fourth-order valence-electron chi connectivity index (χ4n) is 2.50. The quantitative estimate of drug-likeness (QED) is 0.697. The van der Waals surface area contributed by atoms with Crippen LogP contribution in [0.2, 0.25) is 0 Å². The number of carbonyl (C=O) groups excluding carboxylic acids is 2. The lowest BCUT2D eigenvalue weighted by molar-refractivity contribution is -0.152. The first kappa shape index (κ1) is 18.4. The van der Waals surface area contributed by atoms with E-state index in [1.807, 2.05) is 30.3 Å². The Morgan fingerprint density at radius 1 is 1.15 bits per heavy atom. The summed E-state index contributed by atoms with van der Waals surface area (Å²) in [5.74, 6) is -3.00. The van der Waals surface area contributed by atoms with E-state index in [-0.39, 0.29) is 12.1 Å². The highest BCUT2D eigenvalue weighted by molar-refractivity contribution is 5.95. The van der Waals surface area contributed by atoms with Gasteiger partial charge in [-0.05, 0) is 36.8 Å². The minimum Gasteiger partial charge on any atom is -0.452 e. The van der Waals surface area contributed by atoms with E-state index >= 15 is 0 Å². The van der Waals surface area contributed by atoms with E-state index in [4.69, 9.17) is 4.74 Å². The highest BCUT2D eigenvalue weighted by Gasteiger charge is 2.19. The van der Waals surface area contributed by atoms with Crippen LogP contribution in [-0.2, 0) is 20.7 Å². The van der Waals surface area contributed by atoms with Gasteiger partial charge in [0.05, 0.1) is 17.6 Å². The molecular weight excluding hydrogens is 354 g/mol. The van der Waals surface area contributed by atoms with Crippen LogP contribution in [0.1, 0.15) is 12.5 Å². The number of para-hydroxylation sites is 1. The Labute approximate surface area is 154 Å². The molecular formula is C20H16F2N2O3. The van der Waals surface area contributed by atoms with E-state index < -0.39 is 29.6 Å². The third kappa shape index (κ3) is 4.63. The van der Waals surface area contributed by atoms with Crippen LogP contribution >= 0.6 is 0 Å². The summed E-state index contributed by atoms with van der Waals surface area (Å²) in [6.45, 7) is 1.37. The summed E-state index contributed by atoms with van der Waals surface area (Å²) in [7, 11) is 0. The van der Waals surface area contributed by atoms with Crippen molar-refractivity contribution in [2.45, 2.75) is 19.4 Å². The Bertz CT molecular complexity index is 1010. The molecule has 3 rings (SSSR count). The molecule has 5 nitrogen and oxygen atoms in total. The van der Waals surface area contributed by atoms with Crippen LogP contribution in [0.3, 0.4) is 0 Å². The molecule has 1 amide bonds. The van der Waals surface area contributed by atoms with Crippen molar-refractivity contribution in [3.63, 3.8) is 0 Å². The van der Waals surface area contributed by atoms with Gasteiger partial charge in [-0.3, -0.25) is 14.6 Å². The largest absolute Gasteiger partial charge is 0.452 e. The Hall–Kier alpha value is -3.35. The van der Waals surface area contributed by atoms with Gasteiger partial charge in [0.2, 0.25) is 0 Å². The number of carbonyl (C=O) groups is 2. The molecule has 0 aliphatic carbocycles. The number of hydrogen-bond donors (Lipinski definition) is 1. The van der Waals surface area contributed by atoms with Crippen LogP contribution in [-0.4, -0.2) is 23.0 Å². The molecule has 27 heavy (non-hydrogen) atoms. The summed E-state index contributed by atoms with van der Waals surface area (Å²) < 4.78 is 31.6. The lowest BCUT2D eigenvalue weighted by Crippen LogP contribution is -2.30. The van der Waals surface area contributed by atoms with Crippen molar-refractivity contribution in [1.82, 2.24) is 4.98 Å². The van der Waals surface area contributed by atoms with E-state index in [0.29, 0.717) is 11.6 Å². The topological polar surface area (TPSA) is 68.3 Å². The zero-order valence-electron chi connectivity index (χ0n) is 14.4. The van der Waals surface area contributed by atoms with Crippen LogP contribution in [0.5, 0.6) is 0 Å². The fraction of sp³-hybridized carbons (Fsp3) is 0.150. The highest BCUT2D eigenvalue weighted by Crippen LogP contribution is 2.16. The Morgan fingerprint density at radius 2 is 1.93 bits per heavy atom. The van der Waals surface area contributed by atoms with Gasteiger partial charge >= 0.3 is 5.97 Å². The Balaban J connectivity index is 1.59. The normalized spacial score (nSPS) is 11.8. The zero-order valence-corrected chi connectivity index (χ0v) is 14.4. The smallest absolute Gasteiger partial charge is 0.311 e. The van der Waals surface area contributed by atoms with Gasteiger partial charge in [-0.15, -0.1) is 0 Å². The summed E-state index contributed by atoms with van der Waals surface area (Å²) in [6, 6.07) is 12.1. The molecule has 0 saturated carbocycles. The van der Waals surface area contributed by atoms with Crippen molar-refractivity contribution >= 4 is 28.5 Å². The van der Waals surface area contributed by atoms with Crippen LogP contribution in [0.25, 0.3) is 10.9 Å². The van der Waals surface area contributed by atoms with Gasteiger partial charge in [0.1, 0.15) is 11.6 Å². The molecule has 0 aliphatic heterocycles. The second-order valence-corrected chi connectivity index (χ2v) is 5.96. The summed E-state index contributed by atoms with van der Waals surface area (Å²) in [5, 5.41) is 3.15. The maximum atomic E-state index is 13.6. The van der Waals surface area contributed by atoms with E-state index in [2.05, 4.69) is 10.3 Å². The number of anilines is 1. The Morgan fingerprint density at radius 3 is 2.70 bits per heavy atom.